The number of thiazole rings is 1. The van der Waals surface area contributed by atoms with Crippen molar-refractivity contribution in [2.75, 3.05) is 24.7 Å². The van der Waals surface area contributed by atoms with E-state index in [0.717, 1.165) is 36.0 Å². The average Bonchev–Trinajstić information content (AvgIpc) is 2.80. The van der Waals surface area contributed by atoms with Crippen LogP contribution in [-0.2, 0) is 0 Å². The first-order chi connectivity index (χ1) is 10.2. The second-order valence-corrected chi connectivity index (χ2v) is 6.84. The maximum absolute atomic E-state index is 5.71. The zero-order chi connectivity index (χ0) is 15.1. The first-order valence-corrected chi connectivity index (χ1v) is 8.70. The number of nitrogen functional groups attached to an aromatic ring is 1. The van der Waals surface area contributed by atoms with Crippen molar-refractivity contribution in [1.82, 2.24) is 4.98 Å². The number of rotatable bonds is 8. The molecule has 2 aromatic rings. The van der Waals surface area contributed by atoms with Crippen molar-refractivity contribution in [2.24, 2.45) is 0 Å². The predicted molar refractivity (Wildman–Crippen MR) is 89.7 cm³/mol. The fourth-order valence-corrected chi connectivity index (χ4v) is 3.60. The molecule has 0 aliphatic rings. The Morgan fingerprint density at radius 1 is 1.14 bits per heavy atom. The van der Waals surface area contributed by atoms with E-state index in [4.69, 9.17) is 15.2 Å². The van der Waals surface area contributed by atoms with E-state index < -0.39 is 0 Å². The first kappa shape index (κ1) is 16.0. The molecule has 0 saturated heterocycles. The molecule has 0 radical (unpaired) electrons. The Morgan fingerprint density at radius 2 is 1.76 bits per heavy atom. The minimum absolute atomic E-state index is 0.624. The van der Waals surface area contributed by atoms with Gasteiger partial charge in [-0.1, -0.05) is 18.3 Å². The van der Waals surface area contributed by atoms with Crippen LogP contribution in [0.25, 0.3) is 0 Å². The van der Waals surface area contributed by atoms with Crippen LogP contribution in [0.5, 0.6) is 11.5 Å². The van der Waals surface area contributed by atoms with Gasteiger partial charge < -0.3 is 15.2 Å². The monoisotopic (exact) mass is 324 g/mol. The molecule has 0 atom stereocenters. The minimum atomic E-state index is 0.624. The van der Waals surface area contributed by atoms with Crippen LogP contribution in [0, 0.1) is 6.92 Å². The highest BCUT2D eigenvalue weighted by Crippen LogP contribution is 2.30. The summed E-state index contributed by atoms with van der Waals surface area (Å²) in [5, 5.41) is 0.624. The van der Waals surface area contributed by atoms with E-state index in [2.05, 4.69) is 11.9 Å². The van der Waals surface area contributed by atoms with Gasteiger partial charge in [-0.15, -0.1) is 11.8 Å². The molecule has 6 heteroatoms. The molecule has 2 rings (SSSR count). The number of aromatic nitrogens is 1. The highest BCUT2D eigenvalue weighted by Gasteiger charge is 2.05. The van der Waals surface area contributed by atoms with Crippen LogP contribution in [0.15, 0.2) is 28.5 Å². The van der Waals surface area contributed by atoms with Crippen LogP contribution < -0.4 is 15.2 Å². The number of hydrogen-bond donors (Lipinski definition) is 1. The molecule has 0 aliphatic carbocycles. The number of aryl methyl sites for hydroxylation is 1. The summed E-state index contributed by atoms with van der Waals surface area (Å²) in [6.45, 7) is 5.46. The van der Waals surface area contributed by atoms with Crippen molar-refractivity contribution in [3.05, 3.63) is 30.0 Å². The van der Waals surface area contributed by atoms with E-state index in [1.807, 2.05) is 31.2 Å². The van der Waals surface area contributed by atoms with Gasteiger partial charge >= 0.3 is 0 Å². The maximum atomic E-state index is 5.71. The lowest BCUT2D eigenvalue weighted by Crippen LogP contribution is -2.00. The number of nitrogens with zero attached hydrogens (tertiary/aromatic N) is 1. The lowest BCUT2D eigenvalue weighted by Gasteiger charge is -2.07. The normalized spacial score (nSPS) is 10.6. The number of anilines is 1. The van der Waals surface area contributed by atoms with Crippen molar-refractivity contribution in [2.45, 2.75) is 24.5 Å². The maximum Gasteiger partial charge on any atom is 0.181 e. The second-order valence-electron chi connectivity index (χ2n) is 4.44. The number of hydrogen-bond acceptors (Lipinski definition) is 6. The molecule has 0 fully saturated rings. The highest BCUT2D eigenvalue weighted by atomic mass is 32.2. The summed E-state index contributed by atoms with van der Waals surface area (Å²) in [5.41, 5.74) is 6.67. The molecule has 0 bridgehead atoms. The predicted octanol–water partition coefficient (Wildman–Crippen LogP) is 3.99. The van der Waals surface area contributed by atoms with Crippen LogP contribution in [0.4, 0.5) is 5.13 Å². The van der Waals surface area contributed by atoms with Crippen molar-refractivity contribution < 1.29 is 9.47 Å². The molecule has 2 N–H and O–H groups in total. The van der Waals surface area contributed by atoms with Gasteiger partial charge in [0.15, 0.2) is 5.13 Å². The van der Waals surface area contributed by atoms with Gasteiger partial charge in [0.2, 0.25) is 0 Å². The van der Waals surface area contributed by atoms with Crippen LogP contribution in [0.2, 0.25) is 0 Å². The Bertz CT molecular complexity index is 555. The van der Waals surface area contributed by atoms with E-state index in [-0.39, 0.29) is 0 Å². The fraction of sp³-hybridized carbons (Fsp3) is 0.400. The summed E-state index contributed by atoms with van der Waals surface area (Å²) in [6, 6.07) is 7.75. The molecule has 0 aliphatic heterocycles. The molecule has 4 nitrogen and oxygen atoms in total. The molecule has 1 aromatic heterocycles. The number of thioether (sulfide) groups is 1. The van der Waals surface area contributed by atoms with E-state index in [1.54, 1.807) is 11.8 Å². The van der Waals surface area contributed by atoms with Crippen LogP contribution in [-0.4, -0.2) is 24.0 Å². The van der Waals surface area contributed by atoms with E-state index in [9.17, 15) is 0 Å². The molecule has 0 amide bonds. The third kappa shape index (κ3) is 5.13. The Kier molecular flexibility index (Phi) is 6.20. The van der Waals surface area contributed by atoms with Crippen molar-refractivity contribution in [1.29, 1.82) is 0 Å². The van der Waals surface area contributed by atoms with Crippen molar-refractivity contribution >= 4 is 28.2 Å². The molecule has 0 spiro atoms. The standard InChI is InChI=1S/C15H20N2O2S2/c1-3-8-18-12-4-6-13(7-5-12)19-9-10-20-14-11(2)17-15(16)21-14/h4-7H,3,8-10H2,1-2H3,(H2,16,17). The zero-order valence-electron chi connectivity index (χ0n) is 12.3. The minimum Gasteiger partial charge on any atom is -0.494 e. The molecule has 1 heterocycles. The smallest absolute Gasteiger partial charge is 0.181 e. The lowest BCUT2D eigenvalue weighted by molar-refractivity contribution is 0.314. The highest BCUT2D eigenvalue weighted by molar-refractivity contribution is 8.01. The quantitative estimate of drug-likeness (QED) is 0.587. The van der Waals surface area contributed by atoms with Crippen molar-refractivity contribution in [3.63, 3.8) is 0 Å². The Morgan fingerprint density at radius 3 is 2.29 bits per heavy atom. The van der Waals surface area contributed by atoms with Gasteiger partial charge in [0.05, 0.1) is 23.1 Å². The summed E-state index contributed by atoms with van der Waals surface area (Å²) in [7, 11) is 0. The number of ether oxygens (including phenoxy) is 2. The Balaban J connectivity index is 1.72. The van der Waals surface area contributed by atoms with E-state index in [1.165, 1.54) is 15.5 Å². The molecule has 0 saturated carbocycles. The molecule has 114 valence electrons. The zero-order valence-corrected chi connectivity index (χ0v) is 13.9. The van der Waals surface area contributed by atoms with Gasteiger partial charge in [-0.3, -0.25) is 0 Å². The van der Waals surface area contributed by atoms with Crippen molar-refractivity contribution in [3.8, 4) is 11.5 Å². The molecule has 0 unspecified atom stereocenters. The van der Waals surface area contributed by atoms with Gasteiger partial charge in [-0.2, -0.15) is 0 Å². The van der Waals surface area contributed by atoms with E-state index in [0.29, 0.717) is 11.7 Å². The summed E-state index contributed by atoms with van der Waals surface area (Å²) in [5.74, 6) is 2.62. The van der Waals surface area contributed by atoms with Crippen LogP contribution >= 0.6 is 23.1 Å². The lowest BCUT2D eigenvalue weighted by atomic mass is 10.3. The Hall–Kier alpha value is -1.40. The molecular weight excluding hydrogens is 304 g/mol. The summed E-state index contributed by atoms with van der Waals surface area (Å²) in [4.78, 5) is 4.20. The topological polar surface area (TPSA) is 57.4 Å². The molecule has 21 heavy (non-hydrogen) atoms. The van der Waals surface area contributed by atoms with Gasteiger partial charge in [0.25, 0.3) is 0 Å². The van der Waals surface area contributed by atoms with Crippen LogP contribution in [0.3, 0.4) is 0 Å². The van der Waals surface area contributed by atoms with Gasteiger partial charge in [0.1, 0.15) is 11.5 Å². The molecule has 1 aromatic carbocycles. The fourth-order valence-electron chi connectivity index (χ4n) is 1.68. The number of nitrogens with two attached hydrogens (primary N) is 1. The summed E-state index contributed by atoms with van der Waals surface area (Å²) >= 11 is 3.26. The molecular formula is C15H20N2O2S2. The third-order valence-corrected chi connectivity index (χ3v) is 4.97. The summed E-state index contributed by atoms with van der Waals surface area (Å²) in [6.07, 6.45) is 1.01. The summed E-state index contributed by atoms with van der Waals surface area (Å²) < 4.78 is 12.4. The van der Waals surface area contributed by atoms with Gasteiger partial charge in [-0.05, 0) is 37.6 Å². The van der Waals surface area contributed by atoms with Crippen LogP contribution in [0.1, 0.15) is 19.0 Å². The largest absolute Gasteiger partial charge is 0.494 e. The first-order valence-electron chi connectivity index (χ1n) is 6.90. The second kappa shape index (κ2) is 8.14. The third-order valence-electron chi connectivity index (χ3n) is 2.65. The SMILES string of the molecule is CCCOc1ccc(OCCSc2sc(N)nc2C)cc1. The number of benzene rings is 1. The van der Waals surface area contributed by atoms with Gasteiger partial charge in [-0.25, -0.2) is 4.98 Å². The average molecular weight is 324 g/mol. The van der Waals surface area contributed by atoms with E-state index >= 15 is 0 Å². The van der Waals surface area contributed by atoms with Gasteiger partial charge in [0, 0.05) is 5.75 Å². The Labute approximate surface area is 133 Å².